The minimum atomic E-state index is 0.253. The highest BCUT2D eigenvalue weighted by molar-refractivity contribution is 5.62. The van der Waals surface area contributed by atoms with Gasteiger partial charge in [0.05, 0.1) is 13.2 Å². The highest BCUT2D eigenvalue weighted by atomic mass is 16.5. The highest BCUT2D eigenvalue weighted by Gasteiger charge is 2.43. The Kier molecular flexibility index (Phi) is 2.94. The Balaban J connectivity index is 1.96. The van der Waals surface area contributed by atoms with Crippen LogP contribution in [0.5, 0.6) is 5.75 Å². The zero-order valence-corrected chi connectivity index (χ0v) is 11.2. The van der Waals surface area contributed by atoms with Crippen molar-refractivity contribution in [1.82, 2.24) is 0 Å². The van der Waals surface area contributed by atoms with Gasteiger partial charge in [-0.25, -0.2) is 0 Å². The summed E-state index contributed by atoms with van der Waals surface area (Å²) in [6.45, 7) is 4.12. The molecule has 0 radical (unpaired) electrons. The fourth-order valence-corrected chi connectivity index (χ4v) is 3.29. The summed E-state index contributed by atoms with van der Waals surface area (Å²) in [5, 5.41) is 3.55. The van der Waals surface area contributed by atoms with Crippen molar-refractivity contribution < 1.29 is 9.47 Å². The molecule has 2 unspecified atom stereocenters. The van der Waals surface area contributed by atoms with Gasteiger partial charge in [-0.1, -0.05) is 6.92 Å². The van der Waals surface area contributed by atoms with E-state index in [2.05, 4.69) is 24.4 Å². The first-order chi connectivity index (χ1) is 8.77. The fourth-order valence-electron chi connectivity index (χ4n) is 3.29. The Bertz CT molecular complexity index is 442. The number of methoxy groups -OCH3 is 1. The number of hydrogen-bond donors (Lipinski definition) is 1. The summed E-state index contributed by atoms with van der Waals surface area (Å²) in [4.78, 5) is 0. The number of hydrogen-bond acceptors (Lipinski definition) is 3. The Morgan fingerprint density at radius 1 is 1.50 bits per heavy atom. The van der Waals surface area contributed by atoms with E-state index in [-0.39, 0.29) is 5.41 Å². The number of fused-ring (bicyclic) bond motifs is 2. The molecular formula is C15H21NO2. The van der Waals surface area contributed by atoms with Gasteiger partial charge in [0.25, 0.3) is 0 Å². The lowest BCUT2D eigenvalue weighted by Crippen LogP contribution is -2.40. The first-order valence-electron chi connectivity index (χ1n) is 6.81. The van der Waals surface area contributed by atoms with Crippen molar-refractivity contribution >= 4 is 5.69 Å². The van der Waals surface area contributed by atoms with E-state index in [1.807, 2.05) is 6.07 Å². The molecule has 2 atom stereocenters. The van der Waals surface area contributed by atoms with E-state index in [0.717, 1.165) is 38.2 Å². The van der Waals surface area contributed by atoms with Crippen molar-refractivity contribution in [3.8, 4) is 5.75 Å². The zero-order valence-electron chi connectivity index (χ0n) is 11.2. The van der Waals surface area contributed by atoms with Gasteiger partial charge in [-0.15, -0.1) is 0 Å². The average Bonchev–Trinajstić information content (AvgIpc) is 2.77. The Labute approximate surface area is 108 Å². The summed E-state index contributed by atoms with van der Waals surface area (Å²) in [6, 6.07) is 6.37. The van der Waals surface area contributed by atoms with Crippen molar-refractivity contribution in [3.63, 3.8) is 0 Å². The Morgan fingerprint density at radius 2 is 2.39 bits per heavy atom. The number of rotatable bonds is 2. The summed E-state index contributed by atoms with van der Waals surface area (Å²) in [6.07, 6.45) is 3.73. The molecule has 0 amide bonds. The van der Waals surface area contributed by atoms with Gasteiger partial charge in [-0.3, -0.25) is 0 Å². The van der Waals surface area contributed by atoms with Gasteiger partial charge in [0, 0.05) is 24.3 Å². The van der Waals surface area contributed by atoms with Crippen LogP contribution in [0.3, 0.4) is 0 Å². The highest BCUT2D eigenvalue weighted by Crippen LogP contribution is 2.46. The number of ether oxygens (including phenoxy) is 2. The molecule has 3 rings (SSSR count). The molecule has 98 valence electrons. The zero-order chi connectivity index (χ0) is 12.6. The largest absolute Gasteiger partial charge is 0.497 e. The molecule has 1 aromatic rings. The topological polar surface area (TPSA) is 30.5 Å². The third-order valence-electron chi connectivity index (χ3n) is 4.42. The van der Waals surface area contributed by atoms with Crippen molar-refractivity contribution in [3.05, 3.63) is 23.8 Å². The summed E-state index contributed by atoms with van der Waals surface area (Å²) in [5.41, 5.74) is 2.94. The summed E-state index contributed by atoms with van der Waals surface area (Å²) in [5.74, 6) is 0.955. The van der Waals surface area contributed by atoms with E-state index >= 15 is 0 Å². The molecule has 1 aromatic carbocycles. The molecule has 2 heterocycles. The maximum Gasteiger partial charge on any atom is 0.119 e. The molecular weight excluding hydrogens is 226 g/mol. The molecule has 3 heteroatoms. The minimum absolute atomic E-state index is 0.253. The maximum atomic E-state index is 5.83. The van der Waals surface area contributed by atoms with Crippen LogP contribution in [0.1, 0.15) is 31.7 Å². The van der Waals surface area contributed by atoms with Crippen LogP contribution in [0.25, 0.3) is 0 Å². The second kappa shape index (κ2) is 4.47. The van der Waals surface area contributed by atoms with Crippen molar-refractivity contribution in [2.75, 3.05) is 25.6 Å². The molecule has 2 aliphatic heterocycles. The predicted octanol–water partition coefficient (Wildman–Crippen LogP) is 2.95. The third-order valence-corrected chi connectivity index (χ3v) is 4.42. The molecule has 0 aromatic heterocycles. The summed E-state index contributed by atoms with van der Waals surface area (Å²) < 4.78 is 11.2. The van der Waals surface area contributed by atoms with Crippen molar-refractivity contribution in [2.24, 2.45) is 0 Å². The van der Waals surface area contributed by atoms with E-state index in [1.165, 1.54) is 11.3 Å². The SMILES string of the molecule is CCC1CC2(CCO1)CNc1ccc(OC)cc12. The van der Waals surface area contributed by atoms with Gasteiger partial charge in [0.15, 0.2) is 0 Å². The minimum Gasteiger partial charge on any atom is -0.497 e. The van der Waals surface area contributed by atoms with Crippen LogP contribution in [0.4, 0.5) is 5.69 Å². The quantitative estimate of drug-likeness (QED) is 0.871. The predicted molar refractivity (Wildman–Crippen MR) is 72.4 cm³/mol. The lowest BCUT2D eigenvalue weighted by Gasteiger charge is -2.38. The van der Waals surface area contributed by atoms with Crippen LogP contribution in [0.2, 0.25) is 0 Å². The van der Waals surface area contributed by atoms with Crippen LogP contribution in [0.15, 0.2) is 18.2 Å². The van der Waals surface area contributed by atoms with Crippen LogP contribution in [-0.2, 0) is 10.2 Å². The number of benzene rings is 1. The average molecular weight is 247 g/mol. The fraction of sp³-hybridized carbons (Fsp3) is 0.600. The van der Waals surface area contributed by atoms with Crippen LogP contribution in [-0.4, -0.2) is 26.4 Å². The lowest BCUT2D eigenvalue weighted by molar-refractivity contribution is -0.0179. The molecule has 1 N–H and O–H groups in total. The second-order valence-corrected chi connectivity index (χ2v) is 5.40. The van der Waals surface area contributed by atoms with E-state index < -0.39 is 0 Å². The molecule has 1 saturated heterocycles. The smallest absolute Gasteiger partial charge is 0.119 e. The van der Waals surface area contributed by atoms with Crippen molar-refractivity contribution in [2.45, 2.75) is 37.7 Å². The number of nitrogens with one attached hydrogen (secondary N) is 1. The Hall–Kier alpha value is -1.22. The monoisotopic (exact) mass is 247 g/mol. The number of anilines is 1. The van der Waals surface area contributed by atoms with Gasteiger partial charge >= 0.3 is 0 Å². The van der Waals surface area contributed by atoms with E-state index in [4.69, 9.17) is 9.47 Å². The van der Waals surface area contributed by atoms with E-state index in [1.54, 1.807) is 7.11 Å². The molecule has 1 fully saturated rings. The molecule has 18 heavy (non-hydrogen) atoms. The van der Waals surface area contributed by atoms with Crippen molar-refractivity contribution in [1.29, 1.82) is 0 Å². The molecule has 0 bridgehead atoms. The lowest BCUT2D eigenvalue weighted by atomic mass is 9.73. The molecule has 0 saturated carbocycles. The molecule has 0 aliphatic carbocycles. The summed E-state index contributed by atoms with van der Waals surface area (Å²) >= 11 is 0. The molecule has 2 aliphatic rings. The van der Waals surface area contributed by atoms with E-state index in [0.29, 0.717) is 6.10 Å². The molecule has 3 nitrogen and oxygen atoms in total. The van der Waals surface area contributed by atoms with Gasteiger partial charge in [0.2, 0.25) is 0 Å². The first kappa shape index (κ1) is 11.8. The molecule has 1 spiro atoms. The normalized spacial score (nSPS) is 30.0. The second-order valence-electron chi connectivity index (χ2n) is 5.40. The van der Waals surface area contributed by atoms with Crippen LogP contribution >= 0.6 is 0 Å². The van der Waals surface area contributed by atoms with Gasteiger partial charge in [0.1, 0.15) is 5.75 Å². The van der Waals surface area contributed by atoms with E-state index in [9.17, 15) is 0 Å². The van der Waals surface area contributed by atoms with Gasteiger partial charge in [-0.05, 0) is 43.0 Å². The van der Waals surface area contributed by atoms with Gasteiger partial charge in [-0.2, -0.15) is 0 Å². The standard InChI is InChI=1S/C15H21NO2/c1-3-11-9-15(6-7-18-11)10-16-14-5-4-12(17-2)8-13(14)15/h4-5,8,11,16H,3,6-7,9-10H2,1-2H3. The first-order valence-corrected chi connectivity index (χ1v) is 6.81. The maximum absolute atomic E-state index is 5.83. The van der Waals surface area contributed by atoms with Gasteiger partial charge < -0.3 is 14.8 Å². The summed E-state index contributed by atoms with van der Waals surface area (Å²) in [7, 11) is 1.73. The third kappa shape index (κ3) is 1.77. The van der Waals surface area contributed by atoms with Crippen LogP contribution < -0.4 is 10.1 Å². The van der Waals surface area contributed by atoms with Crippen LogP contribution in [0, 0.1) is 0 Å². The Morgan fingerprint density at radius 3 is 3.17 bits per heavy atom.